The average molecular weight is 504 g/mol. The lowest BCUT2D eigenvalue weighted by molar-refractivity contribution is 0.0165. The van der Waals surface area contributed by atoms with Gasteiger partial charge in [0.2, 0.25) is 0 Å². The summed E-state index contributed by atoms with van der Waals surface area (Å²) in [5.41, 5.74) is 0.882. The van der Waals surface area contributed by atoms with Gasteiger partial charge in [-0.2, -0.15) is 0 Å². The molecule has 172 valence electrons. The number of piperidine rings is 1. The molecule has 0 N–H and O–H groups in total. The first-order chi connectivity index (χ1) is 15.2. The van der Waals surface area contributed by atoms with Crippen LogP contribution in [0.15, 0.2) is 53.0 Å². The van der Waals surface area contributed by atoms with Crippen LogP contribution in [0.1, 0.15) is 49.5 Å². The fraction of sp³-hybridized carbons (Fsp3) is 0.440. The van der Waals surface area contributed by atoms with Crippen LogP contribution in [0.25, 0.3) is 0 Å². The number of halogens is 1. The van der Waals surface area contributed by atoms with E-state index in [0.29, 0.717) is 36.9 Å². The van der Waals surface area contributed by atoms with E-state index in [0.717, 1.165) is 22.9 Å². The van der Waals surface area contributed by atoms with E-state index in [1.807, 2.05) is 57.2 Å². The molecule has 3 rings (SSSR count). The van der Waals surface area contributed by atoms with Crippen molar-refractivity contribution in [1.82, 2.24) is 4.90 Å². The number of hydrogen-bond acceptors (Lipinski definition) is 5. The lowest BCUT2D eigenvalue weighted by Gasteiger charge is -2.33. The number of rotatable bonds is 6. The van der Waals surface area contributed by atoms with Crippen LogP contribution in [-0.4, -0.2) is 42.3 Å². The topological polar surface area (TPSA) is 65.1 Å². The highest BCUT2D eigenvalue weighted by molar-refractivity contribution is 9.10. The predicted octanol–water partition coefficient (Wildman–Crippen LogP) is 5.83. The second-order valence-corrected chi connectivity index (χ2v) is 9.87. The molecule has 1 aliphatic heterocycles. The molecule has 6 nitrogen and oxygen atoms in total. The maximum Gasteiger partial charge on any atom is 0.410 e. The molecule has 0 bridgehead atoms. The van der Waals surface area contributed by atoms with Crippen molar-refractivity contribution in [3.63, 3.8) is 0 Å². The van der Waals surface area contributed by atoms with E-state index in [2.05, 4.69) is 15.9 Å². The Morgan fingerprint density at radius 3 is 2.41 bits per heavy atom. The first-order valence-electron chi connectivity index (χ1n) is 10.8. The summed E-state index contributed by atoms with van der Waals surface area (Å²) in [7, 11) is 0. The Labute approximate surface area is 198 Å². The van der Waals surface area contributed by atoms with Crippen molar-refractivity contribution >= 4 is 28.0 Å². The smallest absolute Gasteiger partial charge is 0.410 e. The number of benzene rings is 2. The molecule has 0 aromatic heterocycles. The van der Waals surface area contributed by atoms with Gasteiger partial charge in [-0.1, -0.05) is 46.3 Å². The zero-order valence-electron chi connectivity index (χ0n) is 18.8. The second kappa shape index (κ2) is 10.9. The lowest BCUT2D eigenvalue weighted by atomic mass is 9.98. The highest BCUT2D eigenvalue weighted by Crippen LogP contribution is 2.25. The van der Waals surface area contributed by atoms with Crippen molar-refractivity contribution in [1.29, 1.82) is 0 Å². The summed E-state index contributed by atoms with van der Waals surface area (Å²) >= 11 is 3.45. The maximum absolute atomic E-state index is 12.5. The Morgan fingerprint density at radius 2 is 1.75 bits per heavy atom. The Bertz CT molecular complexity index is 918. The summed E-state index contributed by atoms with van der Waals surface area (Å²) in [6.45, 7) is 7.66. The number of esters is 1. The highest BCUT2D eigenvalue weighted by atomic mass is 79.9. The van der Waals surface area contributed by atoms with Gasteiger partial charge in [-0.3, -0.25) is 0 Å². The third-order valence-corrected chi connectivity index (χ3v) is 5.53. The van der Waals surface area contributed by atoms with Crippen LogP contribution < -0.4 is 4.74 Å². The average Bonchev–Trinajstić information content (AvgIpc) is 2.75. The number of hydrogen-bond donors (Lipinski definition) is 0. The first kappa shape index (κ1) is 24.1. The molecule has 1 heterocycles. The van der Waals surface area contributed by atoms with Crippen LogP contribution >= 0.6 is 15.9 Å². The number of carbonyl (C=O) groups is 2. The Balaban J connectivity index is 1.49. The number of likely N-dealkylation sites (tertiary alicyclic amines) is 1. The van der Waals surface area contributed by atoms with Crippen LogP contribution in [0.4, 0.5) is 4.79 Å². The molecular weight excluding hydrogens is 474 g/mol. The summed E-state index contributed by atoms with van der Waals surface area (Å²) in [6.07, 6.45) is 1.43. The monoisotopic (exact) mass is 503 g/mol. The van der Waals surface area contributed by atoms with E-state index in [-0.39, 0.29) is 12.7 Å². The normalized spacial score (nSPS) is 14.7. The summed E-state index contributed by atoms with van der Waals surface area (Å²) < 4.78 is 17.6. The number of carbonyl (C=O) groups excluding carboxylic acids is 2. The SMILES string of the molecule is CC(C)(C)OC(=O)N1CCC(COc2cc(Br)cc(C(=O)OCc3ccccc3)c2)CC1. The van der Waals surface area contributed by atoms with E-state index < -0.39 is 11.6 Å². The van der Waals surface area contributed by atoms with Gasteiger partial charge < -0.3 is 19.1 Å². The van der Waals surface area contributed by atoms with E-state index in [1.165, 1.54) is 0 Å². The summed E-state index contributed by atoms with van der Waals surface area (Å²) in [4.78, 5) is 26.4. The lowest BCUT2D eigenvalue weighted by Crippen LogP contribution is -2.42. The molecule has 1 amide bonds. The molecule has 1 aliphatic rings. The fourth-order valence-electron chi connectivity index (χ4n) is 3.39. The number of amides is 1. The van der Waals surface area contributed by atoms with E-state index in [4.69, 9.17) is 14.2 Å². The van der Waals surface area contributed by atoms with Gasteiger partial charge in [0.05, 0.1) is 12.2 Å². The van der Waals surface area contributed by atoms with Crippen molar-refractivity contribution in [3.8, 4) is 5.75 Å². The first-order valence-corrected chi connectivity index (χ1v) is 11.6. The summed E-state index contributed by atoms with van der Waals surface area (Å²) in [6, 6.07) is 14.8. The minimum atomic E-state index is -0.488. The quantitative estimate of drug-likeness (QED) is 0.463. The molecule has 0 aliphatic carbocycles. The Morgan fingerprint density at radius 1 is 1.06 bits per heavy atom. The minimum absolute atomic E-state index is 0.221. The summed E-state index contributed by atoms with van der Waals surface area (Å²) in [5, 5.41) is 0. The van der Waals surface area contributed by atoms with E-state index in [9.17, 15) is 9.59 Å². The third-order valence-electron chi connectivity index (χ3n) is 5.07. The molecule has 0 radical (unpaired) electrons. The van der Waals surface area contributed by atoms with Crippen LogP contribution in [0.2, 0.25) is 0 Å². The highest BCUT2D eigenvalue weighted by Gasteiger charge is 2.27. The second-order valence-electron chi connectivity index (χ2n) is 8.96. The van der Waals surface area contributed by atoms with Crippen molar-refractivity contribution in [2.75, 3.05) is 19.7 Å². The van der Waals surface area contributed by atoms with Crippen LogP contribution in [0, 0.1) is 5.92 Å². The van der Waals surface area contributed by atoms with Gasteiger partial charge in [0, 0.05) is 17.6 Å². The molecule has 0 atom stereocenters. The van der Waals surface area contributed by atoms with Crippen LogP contribution in [0.3, 0.4) is 0 Å². The zero-order chi connectivity index (χ0) is 23.1. The number of nitrogens with zero attached hydrogens (tertiary/aromatic N) is 1. The Hall–Kier alpha value is -2.54. The molecule has 2 aromatic rings. The maximum atomic E-state index is 12.5. The van der Waals surface area contributed by atoms with Gasteiger partial charge in [0.1, 0.15) is 18.0 Å². The standard InChI is InChI=1S/C25H30BrNO5/c1-25(2,3)32-24(29)27-11-9-19(10-12-27)16-30-22-14-20(13-21(26)15-22)23(28)31-17-18-7-5-4-6-8-18/h4-8,13-15,19H,9-12,16-17H2,1-3H3. The van der Waals surface area contributed by atoms with Gasteiger partial charge in [0.25, 0.3) is 0 Å². The predicted molar refractivity (Wildman–Crippen MR) is 126 cm³/mol. The molecular formula is C25H30BrNO5. The van der Waals surface area contributed by atoms with Gasteiger partial charge in [-0.25, -0.2) is 9.59 Å². The van der Waals surface area contributed by atoms with Crippen molar-refractivity contribution < 1.29 is 23.8 Å². The van der Waals surface area contributed by atoms with Crippen molar-refractivity contribution in [2.24, 2.45) is 5.92 Å². The van der Waals surface area contributed by atoms with Gasteiger partial charge in [-0.15, -0.1) is 0 Å². The van der Waals surface area contributed by atoms with Crippen LogP contribution in [0.5, 0.6) is 5.75 Å². The van der Waals surface area contributed by atoms with Crippen LogP contribution in [-0.2, 0) is 16.1 Å². The van der Waals surface area contributed by atoms with Gasteiger partial charge in [0.15, 0.2) is 0 Å². The van der Waals surface area contributed by atoms with E-state index in [1.54, 1.807) is 17.0 Å². The minimum Gasteiger partial charge on any atom is -0.493 e. The Kier molecular flexibility index (Phi) is 8.18. The van der Waals surface area contributed by atoms with E-state index >= 15 is 0 Å². The largest absolute Gasteiger partial charge is 0.493 e. The molecule has 2 aromatic carbocycles. The fourth-order valence-corrected chi connectivity index (χ4v) is 3.87. The van der Waals surface area contributed by atoms with Gasteiger partial charge in [-0.05, 0) is 63.3 Å². The van der Waals surface area contributed by atoms with Gasteiger partial charge >= 0.3 is 12.1 Å². The third kappa shape index (κ3) is 7.55. The molecule has 1 fully saturated rings. The summed E-state index contributed by atoms with van der Waals surface area (Å²) in [5.74, 6) is 0.549. The van der Waals surface area contributed by atoms with Crippen molar-refractivity contribution in [3.05, 3.63) is 64.1 Å². The number of ether oxygens (including phenoxy) is 3. The molecule has 0 spiro atoms. The van der Waals surface area contributed by atoms with Crippen molar-refractivity contribution in [2.45, 2.75) is 45.8 Å². The zero-order valence-corrected chi connectivity index (χ0v) is 20.4. The molecule has 1 saturated heterocycles. The molecule has 0 saturated carbocycles. The molecule has 32 heavy (non-hydrogen) atoms. The molecule has 0 unspecified atom stereocenters. The molecule has 7 heteroatoms.